The molecule has 0 spiro atoms. The highest BCUT2D eigenvalue weighted by atomic mass is 16.5. The van der Waals surface area contributed by atoms with E-state index in [2.05, 4.69) is 0 Å². The van der Waals surface area contributed by atoms with Gasteiger partial charge in [-0.25, -0.2) is 0 Å². The van der Waals surface area contributed by atoms with Crippen LogP contribution in [0.5, 0.6) is 5.75 Å². The lowest BCUT2D eigenvalue weighted by molar-refractivity contribution is -0.132. The molecule has 0 saturated carbocycles. The van der Waals surface area contributed by atoms with Gasteiger partial charge in [0, 0.05) is 31.0 Å². The molecule has 1 amide bonds. The van der Waals surface area contributed by atoms with E-state index in [-0.39, 0.29) is 17.4 Å². The van der Waals surface area contributed by atoms with E-state index in [9.17, 15) is 14.7 Å². The van der Waals surface area contributed by atoms with Crippen molar-refractivity contribution in [1.82, 2.24) is 0 Å². The van der Waals surface area contributed by atoms with Crippen molar-refractivity contribution in [3.8, 4) is 5.75 Å². The Bertz CT molecular complexity index is 1290. The van der Waals surface area contributed by atoms with Gasteiger partial charge in [-0.05, 0) is 68.3 Å². The monoisotopic (exact) mass is 470 g/mol. The number of benzene rings is 3. The second-order valence-corrected chi connectivity index (χ2v) is 9.19. The Morgan fingerprint density at radius 3 is 2.29 bits per heavy atom. The van der Waals surface area contributed by atoms with Crippen LogP contribution < -0.4 is 14.5 Å². The van der Waals surface area contributed by atoms with E-state index < -0.39 is 17.7 Å². The lowest BCUT2D eigenvalue weighted by Crippen LogP contribution is -2.29. The lowest BCUT2D eigenvalue weighted by Gasteiger charge is -2.26. The van der Waals surface area contributed by atoms with Crippen LogP contribution in [-0.2, 0) is 9.59 Å². The highest BCUT2D eigenvalue weighted by molar-refractivity contribution is 6.51. The van der Waals surface area contributed by atoms with E-state index >= 15 is 0 Å². The second-order valence-electron chi connectivity index (χ2n) is 9.19. The summed E-state index contributed by atoms with van der Waals surface area (Å²) in [5, 5.41) is 11.4. The number of anilines is 2. The fourth-order valence-corrected chi connectivity index (χ4v) is 4.29. The van der Waals surface area contributed by atoms with E-state index in [0.717, 1.165) is 16.8 Å². The Balaban J connectivity index is 1.90. The zero-order chi connectivity index (χ0) is 25.3. The third-order valence-corrected chi connectivity index (χ3v) is 5.93. The van der Waals surface area contributed by atoms with Crippen molar-refractivity contribution in [3.63, 3.8) is 0 Å². The number of carbonyl (C=O) groups is 2. The molecule has 4 rings (SSSR count). The molecule has 6 nitrogen and oxygen atoms in total. The molecule has 1 fully saturated rings. The number of nitrogens with zero attached hydrogens (tertiary/aromatic N) is 2. The lowest BCUT2D eigenvalue weighted by atomic mass is 9.94. The Hall–Kier alpha value is -4.06. The van der Waals surface area contributed by atoms with E-state index in [1.54, 1.807) is 30.3 Å². The first-order valence-electron chi connectivity index (χ1n) is 11.6. The van der Waals surface area contributed by atoms with Crippen LogP contribution in [0.3, 0.4) is 0 Å². The number of aryl methyl sites for hydroxylation is 1. The van der Waals surface area contributed by atoms with Gasteiger partial charge in [0.15, 0.2) is 0 Å². The van der Waals surface area contributed by atoms with Crippen molar-refractivity contribution in [2.24, 2.45) is 0 Å². The first-order valence-corrected chi connectivity index (χ1v) is 11.6. The van der Waals surface area contributed by atoms with Gasteiger partial charge in [0.1, 0.15) is 11.5 Å². The van der Waals surface area contributed by atoms with Crippen LogP contribution in [0.1, 0.15) is 36.6 Å². The first kappa shape index (κ1) is 24.1. The molecule has 180 valence electrons. The number of aliphatic hydroxyl groups is 1. The molecule has 1 heterocycles. The standard InChI is InChI=1S/C29H30N2O4/c1-18(2)35-24-11-7-9-21(17-24)27(32)25-26(20-12-14-22(15-13-20)30(4)5)31(29(34)28(25)33)23-10-6-8-19(3)16-23/h6-18,26,32H,1-5H3/b27-25+. The summed E-state index contributed by atoms with van der Waals surface area (Å²) < 4.78 is 5.77. The molecule has 3 aromatic rings. The van der Waals surface area contributed by atoms with Gasteiger partial charge in [-0.2, -0.15) is 0 Å². The van der Waals surface area contributed by atoms with Gasteiger partial charge < -0.3 is 14.7 Å². The first-order chi connectivity index (χ1) is 16.7. The molecule has 35 heavy (non-hydrogen) atoms. The molecule has 6 heteroatoms. The van der Waals surface area contributed by atoms with Gasteiger partial charge in [0.25, 0.3) is 11.7 Å². The van der Waals surface area contributed by atoms with E-state index in [0.29, 0.717) is 17.0 Å². The summed E-state index contributed by atoms with van der Waals surface area (Å²) in [6, 6.07) is 21.2. The second kappa shape index (κ2) is 9.66. The fraction of sp³-hybridized carbons (Fsp3) is 0.241. The highest BCUT2D eigenvalue weighted by Crippen LogP contribution is 2.42. The van der Waals surface area contributed by atoms with Crippen LogP contribution in [-0.4, -0.2) is 37.0 Å². The maximum atomic E-state index is 13.4. The van der Waals surface area contributed by atoms with Gasteiger partial charge in [-0.15, -0.1) is 0 Å². The molecular formula is C29H30N2O4. The zero-order valence-corrected chi connectivity index (χ0v) is 20.6. The molecule has 0 bridgehead atoms. The normalized spacial score (nSPS) is 17.2. The summed E-state index contributed by atoms with van der Waals surface area (Å²) in [6.45, 7) is 5.76. The molecule has 3 aromatic carbocycles. The van der Waals surface area contributed by atoms with Crippen molar-refractivity contribution in [2.75, 3.05) is 23.9 Å². The van der Waals surface area contributed by atoms with Crippen molar-refractivity contribution in [2.45, 2.75) is 32.9 Å². The number of hydrogen-bond donors (Lipinski definition) is 1. The fourth-order valence-electron chi connectivity index (χ4n) is 4.29. The minimum Gasteiger partial charge on any atom is -0.507 e. The predicted octanol–water partition coefficient (Wildman–Crippen LogP) is 5.47. The number of carbonyl (C=O) groups excluding carboxylic acids is 2. The molecule has 0 aliphatic carbocycles. The van der Waals surface area contributed by atoms with Crippen LogP contribution in [0.2, 0.25) is 0 Å². The molecule has 0 aromatic heterocycles. The average molecular weight is 471 g/mol. The number of ether oxygens (including phenoxy) is 1. The van der Waals surface area contributed by atoms with E-state index in [4.69, 9.17) is 4.74 Å². The van der Waals surface area contributed by atoms with Gasteiger partial charge in [-0.3, -0.25) is 14.5 Å². The number of rotatable bonds is 6. The summed E-state index contributed by atoms with van der Waals surface area (Å²) >= 11 is 0. The summed E-state index contributed by atoms with van der Waals surface area (Å²) in [5.41, 5.74) is 3.75. The maximum Gasteiger partial charge on any atom is 0.300 e. The third kappa shape index (κ3) is 4.78. The SMILES string of the molecule is Cc1cccc(N2C(=O)C(=O)/C(=C(/O)c3cccc(OC(C)C)c3)C2c2ccc(N(C)C)cc2)c1. The van der Waals surface area contributed by atoms with Gasteiger partial charge >= 0.3 is 0 Å². The van der Waals surface area contributed by atoms with E-state index in [1.165, 1.54) is 4.90 Å². The zero-order valence-electron chi connectivity index (χ0n) is 20.6. The van der Waals surface area contributed by atoms with Crippen LogP contribution in [0.4, 0.5) is 11.4 Å². The van der Waals surface area contributed by atoms with Crippen LogP contribution in [0.25, 0.3) is 5.76 Å². The van der Waals surface area contributed by atoms with Crippen molar-refractivity contribution in [1.29, 1.82) is 0 Å². The van der Waals surface area contributed by atoms with Gasteiger partial charge in [-0.1, -0.05) is 36.4 Å². The maximum absolute atomic E-state index is 13.4. The minimum atomic E-state index is -0.775. The Kier molecular flexibility index (Phi) is 6.65. The predicted molar refractivity (Wildman–Crippen MR) is 139 cm³/mol. The summed E-state index contributed by atoms with van der Waals surface area (Å²) in [5.74, 6) is -1.05. The number of Topliss-reactive ketones (excluding diaryl/α,β-unsaturated/α-hetero) is 1. The topological polar surface area (TPSA) is 70.1 Å². The quantitative estimate of drug-likeness (QED) is 0.294. The van der Waals surface area contributed by atoms with Crippen LogP contribution in [0, 0.1) is 6.92 Å². The highest BCUT2D eigenvalue weighted by Gasteiger charge is 2.47. The molecule has 1 atom stereocenters. The summed E-state index contributed by atoms with van der Waals surface area (Å²) in [6.07, 6.45) is -0.0468. The minimum absolute atomic E-state index is 0.0468. The molecular weight excluding hydrogens is 440 g/mol. The van der Waals surface area contributed by atoms with Crippen molar-refractivity contribution in [3.05, 3.63) is 95.1 Å². The van der Waals surface area contributed by atoms with Gasteiger partial charge in [0.05, 0.1) is 17.7 Å². The Labute approximate surface area is 206 Å². The molecule has 1 N–H and O–H groups in total. The van der Waals surface area contributed by atoms with Gasteiger partial charge in [0.2, 0.25) is 0 Å². The molecule has 1 saturated heterocycles. The third-order valence-electron chi connectivity index (χ3n) is 5.93. The molecule has 1 aliphatic heterocycles. The molecule has 1 aliphatic rings. The number of hydrogen-bond acceptors (Lipinski definition) is 5. The number of ketones is 1. The number of aliphatic hydroxyl groups excluding tert-OH is 1. The summed E-state index contributed by atoms with van der Waals surface area (Å²) in [4.78, 5) is 30.1. The molecule has 1 unspecified atom stereocenters. The van der Waals surface area contributed by atoms with Crippen LogP contribution >= 0.6 is 0 Å². The van der Waals surface area contributed by atoms with Crippen LogP contribution in [0.15, 0.2) is 78.4 Å². The number of amides is 1. The van der Waals surface area contributed by atoms with E-state index in [1.807, 2.05) is 82.2 Å². The largest absolute Gasteiger partial charge is 0.507 e. The van der Waals surface area contributed by atoms with Crippen molar-refractivity contribution >= 4 is 28.8 Å². The smallest absolute Gasteiger partial charge is 0.300 e. The molecule has 0 radical (unpaired) electrons. The summed E-state index contributed by atoms with van der Waals surface area (Å²) in [7, 11) is 3.89. The average Bonchev–Trinajstić information content (AvgIpc) is 3.09. The Morgan fingerprint density at radius 1 is 0.971 bits per heavy atom. The Morgan fingerprint density at radius 2 is 1.66 bits per heavy atom. The van der Waals surface area contributed by atoms with Crippen molar-refractivity contribution < 1.29 is 19.4 Å².